The molecule has 0 aliphatic heterocycles. The van der Waals surface area contributed by atoms with Crippen molar-refractivity contribution < 1.29 is 19.4 Å². The average Bonchev–Trinajstić information content (AvgIpc) is 2.54. The van der Waals surface area contributed by atoms with Gasteiger partial charge in [-0.15, -0.1) is 0 Å². The Morgan fingerprint density at radius 2 is 1.91 bits per heavy atom. The normalized spacial score (nSPS) is 11.5. The van der Waals surface area contributed by atoms with Crippen LogP contribution in [0.1, 0.15) is 28.4 Å². The van der Waals surface area contributed by atoms with Gasteiger partial charge >= 0.3 is 5.97 Å². The van der Waals surface area contributed by atoms with Gasteiger partial charge in [0.2, 0.25) is 5.56 Å². The molecule has 0 radical (unpaired) electrons. The number of carbonyl (C=O) groups is 2. The number of rotatable bonds is 6. The Bertz CT molecular complexity index is 731. The molecule has 1 atom stereocenters. The molecule has 1 amide bonds. The van der Waals surface area contributed by atoms with E-state index in [1.807, 2.05) is 0 Å². The Morgan fingerprint density at radius 3 is 2.43 bits per heavy atom. The second-order valence-electron chi connectivity index (χ2n) is 4.84. The number of aliphatic carboxylic acids is 1. The summed E-state index contributed by atoms with van der Waals surface area (Å²) in [5.74, 6) is -0.870. The van der Waals surface area contributed by atoms with Gasteiger partial charge in [0.15, 0.2) is 0 Å². The van der Waals surface area contributed by atoms with Crippen molar-refractivity contribution in [3.63, 3.8) is 0 Å². The molecule has 1 aromatic carbocycles. The molecule has 3 N–H and O–H groups in total. The molecule has 0 spiro atoms. The number of hydrogen-bond donors (Lipinski definition) is 3. The van der Waals surface area contributed by atoms with E-state index in [9.17, 15) is 14.4 Å². The number of H-pyrrole nitrogens is 1. The van der Waals surface area contributed by atoms with E-state index in [0.717, 1.165) is 0 Å². The molecule has 2 aromatic rings. The second kappa shape index (κ2) is 7.26. The van der Waals surface area contributed by atoms with Gasteiger partial charge in [0.25, 0.3) is 5.91 Å². The lowest BCUT2D eigenvalue weighted by Gasteiger charge is -2.17. The van der Waals surface area contributed by atoms with E-state index in [1.54, 1.807) is 24.3 Å². The topological polar surface area (TPSA) is 108 Å². The van der Waals surface area contributed by atoms with Crippen molar-refractivity contribution >= 4 is 11.9 Å². The minimum absolute atomic E-state index is 0.244. The number of amides is 1. The lowest BCUT2D eigenvalue weighted by molar-refractivity contribution is -0.137. The predicted molar refractivity (Wildman–Crippen MR) is 82.5 cm³/mol. The third kappa shape index (κ3) is 4.44. The lowest BCUT2D eigenvalue weighted by atomic mass is 10.0. The average molecular weight is 316 g/mol. The van der Waals surface area contributed by atoms with Crippen LogP contribution in [-0.4, -0.2) is 29.1 Å². The van der Waals surface area contributed by atoms with Gasteiger partial charge in [-0.2, -0.15) is 0 Å². The van der Waals surface area contributed by atoms with E-state index < -0.39 is 17.9 Å². The van der Waals surface area contributed by atoms with Crippen molar-refractivity contribution in [3.05, 3.63) is 64.1 Å². The molecule has 0 saturated heterocycles. The molecule has 0 bridgehead atoms. The van der Waals surface area contributed by atoms with E-state index in [4.69, 9.17) is 9.84 Å². The van der Waals surface area contributed by atoms with Crippen molar-refractivity contribution in [2.24, 2.45) is 0 Å². The molecule has 0 aliphatic carbocycles. The predicted octanol–water partition coefficient (Wildman–Crippen LogP) is 1.33. The highest BCUT2D eigenvalue weighted by Gasteiger charge is 2.19. The molecular weight excluding hydrogens is 300 g/mol. The van der Waals surface area contributed by atoms with Gasteiger partial charge in [-0.3, -0.25) is 14.4 Å². The number of benzene rings is 1. The first-order valence-electron chi connectivity index (χ1n) is 6.85. The maximum Gasteiger partial charge on any atom is 0.305 e. The van der Waals surface area contributed by atoms with Gasteiger partial charge in [0.05, 0.1) is 25.1 Å². The third-order valence-electron chi connectivity index (χ3n) is 3.25. The number of ether oxygens (including phenoxy) is 1. The first-order valence-corrected chi connectivity index (χ1v) is 6.85. The smallest absolute Gasteiger partial charge is 0.305 e. The molecular formula is C16H16N2O5. The van der Waals surface area contributed by atoms with Crippen LogP contribution >= 0.6 is 0 Å². The molecule has 0 unspecified atom stereocenters. The van der Waals surface area contributed by atoms with Crippen LogP contribution < -0.4 is 15.6 Å². The molecule has 23 heavy (non-hydrogen) atoms. The summed E-state index contributed by atoms with van der Waals surface area (Å²) in [6.07, 6.45) is 1.02. The highest BCUT2D eigenvalue weighted by atomic mass is 16.5. The molecule has 0 saturated carbocycles. The number of carboxylic acids is 1. The van der Waals surface area contributed by atoms with E-state index in [2.05, 4.69) is 10.3 Å². The fourth-order valence-corrected chi connectivity index (χ4v) is 2.06. The second-order valence-corrected chi connectivity index (χ2v) is 4.84. The minimum atomic E-state index is -1.03. The van der Waals surface area contributed by atoms with Crippen LogP contribution in [0.2, 0.25) is 0 Å². The fourth-order valence-electron chi connectivity index (χ4n) is 2.06. The summed E-state index contributed by atoms with van der Waals surface area (Å²) >= 11 is 0. The van der Waals surface area contributed by atoms with Crippen molar-refractivity contribution in [1.29, 1.82) is 0 Å². The molecule has 120 valence electrons. The number of pyridine rings is 1. The van der Waals surface area contributed by atoms with E-state index in [0.29, 0.717) is 11.3 Å². The molecule has 1 heterocycles. The Kier molecular flexibility index (Phi) is 5.14. The minimum Gasteiger partial charge on any atom is -0.497 e. The number of carbonyl (C=O) groups excluding carboxylic acids is 1. The van der Waals surface area contributed by atoms with Gasteiger partial charge < -0.3 is 20.1 Å². The quantitative estimate of drug-likeness (QED) is 0.745. The number of carboxylic acid groups (broad SMARTS) is 1. The molecule has 0 fully saturated rings. The molecule has 0 aliphatic rings. The van der Waals surface area contributed by atoms with Crippen LogP contribution in [0, 0.1) is 0 Å². The largest absolute Gasteiger partial charge is 0.497 e. The zero-order chi connectivity index (χ0) is 16.8. The Hall–Kier alpha value is -3.09. The van der Waals surface area contributed by atoms with Crippen molar-refractivity contribution in [2.45, 2.75) is 12.5 Å². The molecule has 1 aromatic heterocycles. The lowest BCUT2D eigenvalue weighted by Crippen LogP contribution is -2.30. The van der Waals surface area contributed by atoms with Gasteiger partial charge in [-0.05, 0) is 23.8 Å². The summed E-state index contributed by atoms with van der Waals surface area (Å²) in [6, 6.07) is 8.68. The zero-order valence-electron chi connectivity index (χ0n) is 12.4. The van der Waals surface area contributed by atoms with Crippen LogP contribution in [0.5, 0.6) is 5.75 Å². The van der Waals surface area contributed by atoms with Crippen LogP contribution in [0.15, 0.2) is 47.4 Å². The zero-order valence-corrected chi connectivity index (χ0v) is 12.4. The van der Waals surface area contributed by atoms with Crippen molar-refractivity contribution in [3.8, 4) is 5.75 Å². The van der Waals surface area contributed by atoms with Crippen LogP contribution in [0.25, 0.3) is 0 Å². The summed E-state index contributed by atoms with van der Waals surface area (Å²) in [4.78, 5) is 36.7. The highest BCUT2D eigenvalue weighted by Crippen LogP contribution is 2.20. The Labute approximate surface area is 131 Å². The molecule has 7 nitrogen and oxygen atoms in total. The summed E-state index contributed by atoms with van der Waals surface area (Å²) in [5.41, 5.74) is 0.568. The SMILES string of the molecule is COc1ccc([C@H](CC(=O)O)NC(=O)c2ccc(=O)[nH]c2)cc1. The summed E-state index contributed by atoms with van der Waals surface area (Å²) in [5, 5.41) is 11.7. The number of aromatic amines is 1. The number of methoxy groups -OCH3 is 1. The summed E-state index contributed by atoms with van der Waals surface area (Å²) in [7, 11) is 1.53. The summed E-state index contributed by atoms with van der Waals surface area (Å²) < 4.78 is 5.05. The molecule has 2 rings (SSSR count). The maximum atomic E-state index is 12.2. The molecule has 7 heteroatoms. The number of hydrogen-bond acceptors (Lipinski definition) is 4. The van der Waals surface area contributed by atoms with E-state index >= 15 is 0 Å². The standard InChI is InChI=1S/C16H16N2O5/c1-23-12-5-2-10(3-6-12)13(8-15(20)21)18-16(22)11-4-7-14(19)17-9-11/h2-7,9,13H,8H2,1H3,(H,17,19)(H,18,22)(H,20,21)/t13-/m0/s1. The monoisotopic (exact) mass is 316 g/mol. The van der Waals surface area contributed by atoms with Crippen LogP contribution in [0.4, 0.5) is 0 Å². The Balaban J connectivity index is 2.20. The summed E-state index contributed by atoms with van der Waals surface area (Å²) in [6.45, 7) is 0. The maximum absolute atomic E-state index is 12.2. The van der Waals surface area contributed by atoms with E-state index in [-0.39, 0.29) is 17.5 Å². The highest BCUT2D eigenvalue weighted by molar-refractivity contribution is 5.94. The van der Waals surface area contributed by atoms with Gasteiger partial charge in [0, 0.05) is 12.3 Å². The van der Waals surface area contributed by atoms with Crippen molar-refractivity contribution in [1.82, 2.24) is 10.3 Å². The van der Waals surface area contributed by atoms with Gasteiger partial charge in [-0.25, -0.2) is 0 Å². The first-order chi connectivity index (χ1) is 11.0. The van der Waals surface area contributed by atoms with Crippen LogP contribution in [-0.2, 0) is 4.79 Å². The van der Waals surface area contributed by atoms with E-state index in [1.165, 1.54) is 25.4 Å². The van der Waals surface area contributed by atoms with Gasteiger partial charge in [0.1, 0.15) is 5.75 Å². The van der Waals surface area contributed by atoms with Gasteiger partial charge in [-0.1, -0.05) is 12.1 Å². The van der Waals surface area contributed by atoms with Crippen LogP contribution in [0.3, 0.4) is 0 Å². The first kappa shape index (κ1) is 16.3. The number of aromatic nitrogens is 1. The fraction of sp³-hybridized carbons (Fsp3) is 0.188. The number of nitrogens with one attached hydrogen (secondary N) is 2. The van der Waals surface area contributed by atoms with Crippen molar-refractivity contribution in [2.75, 3.05) is 7.11 Å². The third-order valence-corrected chi connectivity index (χ3v) is 3.25. The Morgan fingerprint density at radius 1 is 1.22 bits per heavy atom.